The first-order valence-corrected chi connectivity index (χ1v) is 16.8. The van der Waals surface area contributed by atoms with Crippen LogP contribution in [0.15, 0.2) is 0 Å². The summed E-state index contributed by atoms with van der Waals surface area (Å²) < 4.78 is 29.1. The molecular formula is C32H58O13. The molecule has 45 heavy (non-hydrogen) atoms. The molecule has 2 saturated heterocycles. The molecular weight excluding hydrogens is 592 g/mol. The molecule has 2 aliphatic rings. The molecule has 12 atom stereocenters. The van der Waals surface area contributed by atoms with Crippen LogP contribution in [0, 0.1) is 0 Å². The van der Waals surface area contributed by atoms with Crippen molar-refractivity contribution in [3.8, 4) is 0 Å². The van der Waals surface area contributed by atoms with Crippen LogP contribution in [0.1, 0.15) is 118 Å². The molecule has 0 aromatic rings. The third-order valence-corrected chi connectivity index (χ3v) is 8.56. The lowest BCUT2D eigenvalue weighted by molar-refractivity contribution is -0.366. The molecule has 2 rings (SSSR count). The number of hydrogen-bond acceptors (Lipinski definition) is 12. The second-order valence-corrected chi connectivity index (χ2v) is 12.6. The number of aliphatic carboxylic acids is 1. The quantitative estimate of drug-likeness (QED) is 0.0782. The van der Waals surface area contributed by atoms with Gasteiger partial charge in [0.2, 0.25) is 0 Å². The first-order chi connectivity index (χ1) is 21.4. The summed E-state index contributed by atoms with van der Waals surface area (Å²) in [6.07, 6.45) is -5.07. The van der Waals surface area contributed by atoms with Crippen LogP contribution < -0.4 is 0 Å². The predicted octanol–water partition coefficient (Wildman–Crippen LogP) is 2.55. The van der Waals surface area contributed by atoms with Crippen molar-refractivity contribution in [1.82, 2.24) is 0 Å². The van der Waals surface area contributed by atoms with Gasteiger partial charge in [0.25, 0.3) is 0 Å². The first-order valence-electron chi connectivity index (χ1n) is 16.8. The van der Waals surface area contributed by atoms with Crippen LogP contribution >= 0.6 is 0 Å². The van der Waals surface area contributed by atoms with Crippen LogP contribution in [0.3, 0.4) is 0 Å². The molecule has 13 heteroatoms. The van der Waals surface area contributed by atoms with Crippen molar-refractivity contribution in [3.05, 3.63) is 0 Å². The highest BCUT2D eigenvalue weighted by atomic mass is 16.8. The molecule has 6 N–H and O–H groups in total. The monoisotopic (exact) mass is 650 g/mol. The number of hydrogen-bond donors (Lipinski definition) is 6. The number of rotatable bonds is 21. The molecule has 0 aromatic carbocycles. The van der Waals surface area contributed by atoms with Gasteiger partial charge < -0.3 is 54.3 Å². The van der Waals surface area contributed by atoms with E-state index in [1.54, 1.807) is 6.92 Å². The highest BCUT2D eigenvalue weighted by Crippen LogP contribution is 2.31. The molecule has 0 aliphatic carbocycles. The number of carbonyl (C=O) groups excluding carboxylic acids is 1. The molecule has 0 bridgehead atoms. The fourth-order valence-electron chi connectivity index (χ4n) is 5.71. The molecule has 2 aliphatic heterocycles. The molecule has 0 amide bonds. The molecule has 2 fully saturated rings. The molecule has 2 unspecified atom stereocenters. The highest BCUT2D eigenvalue weighted by Gasteiger charge is 2.50. The standard InChI is InChI=1S/C32H58O13/c1-5-7-9-11-13-15-21(17-23(33)34)43-24(35)18-22(16-14-12-10-8-6-2)44-32-30(28(39)26(37)20(4)42-32)45-31-29(40)27(38)25(36)19(3)41-31/h19-22,25-32,36-40H,5-18H2,1-4H3,(H,33,34)/t19-,20+,21?,22?,25-,26+,27+,28-,29+,30-,31-,32+/m0/s1. The second kappa shape index (κ2) is 20.7. The highest BCUT2D eigenvalue weighted by molar-refractivity contribution is 5.72. The zero-order valence-electron chi connectivity index (χ0n) is 27.4. The number of carboxylic acid groups (broad SMARTS) is 1. The van der Waals surface area contributed by atoms with E-state index in [-0.39, 0.29) is 12.8 Å². The topological polar surface area (TPSA) is 202 Å². The van der Waals surface area contributed by atoms with Gasteiger partial charge in [0.1, 0.15) is 42.7 Å². The van der Waals surface area contributed by atoms with Crippen LogP contribution in [0.5, 0.6) is 0 Å². The second-order valence-electron chi connectivity index (χ2n) is 12.6. The van der Waals surface area contributed by atoms with E-state index in [0.29, 0.717) is 12.8 Å². The van der Waals surface area contributed by atoms with E-state index in [1.165, 1.54) is 6.92 Å². The summed E-state index contributed by atoms with van der Waals surface area (Å²) in [6, 6.07) is 0. The zero-order chi connectivity index (χ0) is 33.5. The number of esters is 1. The van der Waals surface area contributed by atoms with Gasteiger partial charge in [-0.05, 0) is 33.1 Å². The molecule has 0 radical (unpaired) electrons. The van der Waals surface area contributed by atoms with Crippen molar-refractivity contribution in [3.63, 3.8) is 0 Å². The van der Waals surface area contributed by atoms with E-state index in [2.05, 4.69) is 13.8 Å². The van der Waals surface area contributed by atoms with Gasteiger partial charge in [-0.1, -0.05) is 71.6 Å². The summed E-state index contributed by atoms with van der Waals surface area (Å²) in [6.45, 7) is 7.24. The van der Waals surface area contributed by atoms with E-state index >= 15 is 0 Å². The lowest BCUT2D eigenvalue weighted by Crippen LogP contribution is -2.63. The van der Waals surface area contributed by atoms with Crippen LogP contribution in [0.25, 0.3) is 0 Å². The Hall–Kier alpha value is -1.42. The number of carboxylic acids is 1. The molecule has 13 nitrogen and oxygen atoms in total. The van der Waals surface area contributed by atoms with Crippen LogP contribution in [0.4, 0.5) is 0 Å². The van der Waals surface area contributed by atoms with Crippen molar-refractivity contribution in [1.29, 1.82) is 0 Å². The van der Waals surface area contributed by atoms with Gasteiger partial charge in [0.15, 0.2) is 12.6 Å². The first kappa shape index (κ1) is 39.8. The zero-order valence-corrected chi connectivity index (χ0v) is 27.4. The number of carbonyl (C=O) groups is 2. The minimum Gasteiger partial charge on any atom is -0.481 e. The van der Waals surface area contributed by atoms with Crippen molar-refractivity contribution >= 4 is 11.9 Å². The fourth-order valence-corrected chi connectivity index (χ4v) is 5.71. The Kier molecular flexibility index (Phi) is 18.3. The van der Waals surface area contributed by atoms with E-state index in [1.807, 2.05) is 0 Å². The average Bonchev–Trinajstić information content (AvgIpc) is 2.98. The predicted molar refractivity (Wildman–Crippen MR) is 162 cm³/mol. The molecule has 0 saturated carbocycles. The van der Waals surface area contributed by atoms with Gasteiger partial charge in [-0.15, -0.1) is 0 Å². The molecule has 0 spiro atoms. The van der Waals surface area contributed by atoms with Crippen molar-refractivity contribution in [2.75, 3.05) is 0 Å². The number of aliphatic hydroxyl groups excluding tert-OH is 5. The van der Waals surface area contributed by atoms with Crippen molar-refractivity contribution in [2.24, 2.45) is 0 Å². The molecule has 2 heterocycles. The van der Waals surface area contributed by atoms with E-state index in [0.717, 1.165) is 64.2 Å². The van der Waals surface area contributed by atoms with Crippen molar-refractivity contribution < 1.29 is 63.9 Å². The average molecular weight is 651 g/mol. The maximum atomic E-state index is 13.1. The summed E-state index contributed by atoms with van der Waals surface area (Å²) in [5.41, 5.74) is 0. The Morgan fingerprint density at radius 3 is 1.71 bits per heavy atom. The summed E-state index contributed by atoms with van der Waals surface area (Å²) in [4.78, 5) is 24.6. The maximum absolute atomic E-state index is 13.1. The lowest BCUT2D eigenvalue weighted by atomic mass is 9.97. The smallest absolute Gasteiger partial charge is 0.308 e. The third kappa shape index (κ3) is 13.3. The number of unbranched alkanes of at least 4 members (excludes halogenated alkanes) is 8. The van der Waals surface area contributed by atoms with Crippen LogP contribution in [-0.2, 0) is 33.3 Å². The van der Waals surface area contributed by atoms with E-state index in [4.69, 9.17) is 23.7 Å². The van der Waals surface area contributed by atoms with Crippen molar-refractivity contribution in [2.45, 2.75) is 191 Å². The Bertz CT molecular complexity index is 844. The van der Waals surface area contributed by atoms with E-state index < -0.39 is 85.6 Å². The Labute approximate surface area is 267 Å². The summed E-state index contributed by atoms with van der Waals surface area (Å²) in [7, 11) is 0. The largest absolute Gasteiger partial charge is 0.481 e. The Morgan fingerprint density at radius 1 is 0.644 bits per heavy atom. The Morgan fingerprint density at radius 2 is 1.16 bits per heavy atom. The van der Waals surface area contributed by atoms with Gasteiger partial charge >= 0.3 is 11.9 Å². The lowest BCUT2D eigenvalue weighted by Gasteiger charge is -2.46. The van der Waals surface area contributed by atoms with Gasteiger partial charge in [-0.2, -0.15) is 0 Å². The summed E-state index contributed by atoms with van der Waals surface area (Å²) >= 11 is 0. The molecule has 264 valence electrons. The summed E-state index contributed by atoms with van der Waals surface area (Å²) in [5.74, 6) is -1.67. The molecule has 0 aromatic heterocycles. The minimum atomic E-state index is -1.67. The fraction of sp³-hybridized carbons (Fsp3) is 0.938. The SMILES string of the molecule is CCCCCCCC(CC(=O)O)OC(=O)CC(CCCCCCC)O[C@H]1O[C@H](C)[C@@H](O)[C@H](O)[C@@H]1O[C@@H]1O[C@@H](C)[C@H](O)[C@@H](O)[C@H]1O. The van der Waals surface area contributed by atoms with Gasteiger partial charge in [0.05, 0.1) is 31.2 Å². The summed E-state index contributed by atoms with van der Waals surface area (Å²) in [5, 5.41) is 61.7. The van der Waals surface area contributed by atoms with Gasteiger partial charge in [-0.25, -0.2) is 0 Å². The Balaban J connectivity index is 2.16. The van der Waals surface area contributed by atoms with Gasteiger partial charge in [0, 0.05) is 0 Å². The third-order valence-electron chi connectivity index (χ3n) is 8.56. The van der Waals surface area contributed by atoms with Crippen LogP contribution in [-0.4, -0.2) is 116 Å². The van der Waals surface area contributed by atoms with Crippen LogP contribution in [0.2, 0.25) is 0 Å². The normalized spacial score (nSPS) is 33.4. The van der Waals surface area contributed by atoms with Gasteiger partial charge in [-0.3, -0.25) is 9.59 Å². The number of aliphatic hydroxyl groups is 5. The minimum absolute atomic E-state index is 0.205. The van der Waals surface area contributed by atoms with E-state index in [9.17, 15) is 40.2 Å². The maximum Gasteiger partial charge on any atom is 0.308 e. The number of ether oxygens (including phenoxy) is 5.